The number of likely N-dealkylation sites (tertiary alicyclic amines) is 1. The number of thiophene rings is 1. The van der Waals surface area contributed by atoms with Gasteiger partial charge in [-0.15, -0.1) is 11.3 Å². The van der Waals surface area contributed by atoms with Gasteiger partial charge < -0.3 is 14.5 Å². The van der Waals surface area contributed by atoms with Crippen LogP contribution in [0.1, 0.15) is 53.4 Å². The Morgan fingerprint density at radius 3 is 2.62 bits per heavy atom. The third-order valence-electron chi connectivity index (χ3n) is 5.51. The van der Waals surface area contributed by atoms with Crippen LogP contribution in [0.15, 0.2) is 41.8 Å². The summed E-state index contributed by atoms with van der Waals surface area (Å²) >= 11 is 1.65. The van der Waals surface area contributed by atoms with Gasteiger partial charge in [-0.25, -0.2) is 4.79 Å². The fraction of sp³-hybridized carbons (Fsp3) is 0.409. The SMILES string of the molecule is O=C(OCC(=O)N1CCCC1c1cccs1)c1ccc(N2CCCCC2=O)cc1. The van der Waals surface area contributed by atoms with Crippen molar-refractivity contribution in [1.29, 1.82) is 0 Å². The number of amides is 2. The molecule has 3 heterocycles. The molecule has 2 amide bonds. The van der Waals surface area contributed by atoms with Gasteiger partial charge in [0.1, 0.15) is 0 Å². The topological polar surface area (TPSA) is 66.9 Å². The lowest BCUT2D eigenvalue weighted by molar-refractivity contribution is -0.135. The monoisotopic (exact) mass is 412 g/mol. The van der Waals surface area contributed by atoms with Crippen molar-refractivity contribution in [2.75, 3.05) is 24.6 Å². The number of hydrogen-bond acceptors (Lipinski definition) is 5. The number of benzene rings is 1. The highest BCUT2D eigenvalue weighted by Gasteiger charge is 2.31. The molecule has 0 N–H and O–H groups in total. The van der Waals surface area contributed by atoms with Gasteiger partial charge in [-0.2, -0.15) is 0 Å². The summed E-state index contributed by atoms with van der Waals surface area (Å²) in [6.07, 6.45) is 4.38. The van der Waals surface area contributed by atoms with E-state index in [9.17, 15) is 14.4 Å². The molecule has 1 atom stereocenters. The molecule has 29 heavy (non-hydrogen) atoms. The van der Waals surface area contributed by atoms with Gasteiger partial charge in [0, 0.05) is 30.1 Å². The number of nitrogens with zero attached hydrogens (tertiary/aromatic N) is 2. The Bertz CT molecular complexity index is 879. The lowest BCUT2D eigenvalue weighted by atomic mass is 10.1. The maximum atomic E-state index is 12.6. The number of ether oxygens (including phenoxy) is 1. The van der Waals surface area contributed by atoms with Gasteiger partial charge in [0.25, 0.3) is 5.91 Å². The highest BCUT2D eigenvalue weighted by molar-refractivity contribution is 7.10. The van der Waals surface area contributed by atoms with Gasteiger partial charge in [0.15, 0.2) is 6.61 Å². The first kappa shape index (κ1) is 19.6. The molecule has 2 fully saturated rings. The number of esters is 1. The van der Waals surface area contributed by atoms with Crippen LogP contribution >= 0.6 is 11.3 Å². The molecule has 2 saturated heterocycles. The van der Waals surface area contributed by atoms with Crippen molar-refractivity contribution in [3.63, 3.8) is 0 Å². The number of rotatable bonds is 5. The summed E-state index contributed by atoms with van der Waals surface area (Å²) in [6.45, 7) is 1.14. The third kappa shape index (κ3) is 4.34. The van der Waals surface area contributed by atoms with Crippen LogP contribution in [0, 0.1) is 0 Å². The highest BCUT2D eigenvalue weighted by atomic mass is 32.1. The highest BCUT2D eigenvalue weighted by Crippen LogP contribution is 2.34. The minimum Gasteiger partial charge on any atom is -0.452 e. The molecule has 7 heteroatoms. The van der Waals surface area contributed by atoms with Gasteiger partial charge in [0.2, 0.25) is 5.91 Å². The fourth-order valence-electron chi connectivity index (χ4n) is 3.99. The lowest BCUT2D eigenvalue weighted by Crippen LogP contribution is -2.35. The summed E-state index contributed by atoms with van der Waals surface area (Å²) in [4.78, 5) is 41.7. The van der Waals surface area contributed by atoms with E-state index in [0.717, 1.165) is 31.4 Å². The Morgan fingerprint density at radius 2 is 1.90 bits per heavy atom. The fourth-order valence-corrected chi connectivity index (χ4v) is 4.87. The zero-order valence-electron chi connectivity index (χ0n) is 16.2. The van der Waals surface area contributed by atoms with E-state index < -0.39 is 5.97 Å². The number of piperidine rings is 1. The maximum Gasteiger partial charge on any atom is 0.338 e. The van der Waals surface area contributed by atoms with Crippen molar-refractivity contribution < 1.29 is 19.1 Å². The summed E-state index contributed by atoms with van der Waals surface area (Å²) in [5.74, 6) is -0.574. The molecule has 2 aliphatic heterocycles. The Hall–Kier alpha value is -2.67. The zero-order chi connectivity index (χ0) is 20.2. The number of carbonyl (C=O) groups is 3. The standard InChI is InChI=1S/C22H24N2O4S/c25-20-7-1-2-12-23(20)17-10-8-16(9-11-17)22(27)28-15-21(26)24-13-3-5-18(24)19-6-4-14-29-19/h4,6,8-11,14,18H,1-3,5,7,12-13,15H2. The normalized spacial score (nSPS) is 19.4. The molecule has 0 bridgehead atoms. The minimum absolute atomic E-state index is 0.0857. The van der Waals surface area contributed by atoms with Gasteiger partial charge in [-0.3, -0.25) is 9.59 Å². The van der Waals surface area contributed by atoms with Crippen molar-refractivity contribution in [2.45, 2.75) is 38.1 Å². The second-order valence-electron chi connectivity index (χ2n) is 7.39. The van der Waals surface area contributed by atoms with Crippen molar-refractivity contribution >= 4 is 34.8 Å². The van der Waals surface area contributed by atoms with E-state index in [1.807, 2.05) is 22.4 Å². The van der Waals surface area contributed by atoms with E-state index in [2.05, 4.69) is 0 Å². The van der Waals surface area contributed by atoms with E-state index in [-0.39, 0.29) is 24.5 Å². The molecule has 0 aliphatic carbocycles. The van der Waals surface area contributed by atoms with E-state index in [0.29, 0.717) is 25.1 Å². The van der Waals surface area contributed by atoms with Crippen LogP contribution in [0.4, 0.5) is 5.69 Å². The number of carbonyl (C=O) groups excluding carboxylic acids is 3. The molecular formula is C22H24N2O4S. The van der Waals surface area contributed by atoms with E-state index >= 15 is 0 Å². The van der Waals surface area contributed by atoms with Crippen LogP contribution < -0.4 is 4.90 Å². The molecule has 4 rings (SSSR count). The second-order valence-corrected chi connectivity index (χ2v) is 8.37. The first-order valence-electron chi connectivity index (χ1n) is 10.0. The van der Waals surface area contributed by atoms with Crippen molar-refractivity contribution in [2.24, 2.45) is 0 Å². The van der Waals surface area contributed by atoms with E-state index in [1.54, 1.807) is 40.5 Å². The third-order valence-corrected chi connectivity index (χ3v) is 6.48. The Morgan fingerprint density at radius 1 is 1.07 bits per heavy atom. The first-order chi connectivity index (χ1) is 14.1. The number of anilines is 1. The average Bonchev–Trinajstić information content (AvgIpc) is 3.44. The first-order valence-corrected chi connectivity index (χ1v) is 10.9. The molecule has 2 aromatic rings. The largest absolute Gasteiger partial charge is 0.452 e. The summed E-state index contributed by atoms with van der Waals surface area (Å²) in [5.41, 5.74) is 1.17. The Labute approximate surface area is 174 Å². The minimum atomic E-state index is -0.526. The molecule has 2 aliphatic rings. The summed E-state index contributed by atoms with van der Waals surface area (Å²) in [7, 11) is 0. The molecule has 1 unspecified atom stereocenters. The van der Waals surface area contributed by atoms with Crippen molar-refractivity contribution in [3.05, 3.63) is 52.2 Å². The van der Waals surface area contributed by atoms with Crippen LogP contribution in [0.2, 0.25) is 0 Å². The van der Waals surface area contributed by atoms with Crippen LogP contribution in [-0.4, -0.2) is 42.4 Å². The van der Waals surface area contributed by atoms with Gasteiger partial charge in [-0.05, 0) is 61.4 Å². The van der Waals surface area contributed by atoms with Crippen molar-refractivity contribution in [1.82, 2.24) is 4.90 Å². The molecule has 0 radical (unpaired) electrons. The predicted molar refractivity (Wildman–Crippen MR) is 111 cm³/mol. The number of hydrogen-bond donors (Lipinski definition) is 0. The molecule has 6 nitrogen and oxygen atoms in total. The molecule has 1 aromatic heterocycles. The predicted octanol–water partition coefficient (Wildman–Crippen LogP) is 3.79. The Kier molecular flexibility index (Phi) is 5.94. The van der Waals surface area contributed by atoms with E-state index in [1.165, 1.54) is 4.88 Å². The smallest absolute Gasteiger partial charge is 0.338 e. The van der Waals surface area contributed by atoms with Gasteiger partial charge >= 0.3 is 5.97 Å². The lowest BCUT2D eigenvalue weighted by Gasteiger charge is -2.26. The van der Waals surface area contributed by atoms with Crippen molar-refractivity contribution in [3.8, 4) is 0 Å². The molecular weight excluding hydrogens is 388 g/mol. The quantitative estimate of drug-likeness (QED) is 0.701. The summed E-state index contributed by atoms with van der Waals surface area (Å²) in [6, 6.07) is 10.9. The molecule has 0 spiro atoms. The van der Waals surface area contributed by atoms with Crippen LogP contribution in [0.25, 0.3) is 0 Å². The van der Waals surface area contributed by atoms with E-state index in [4.69, 9.17) is 4.74 Å². The zero-order valence-corrected chi connectivity index (χ0v) is 17.0. The van der Waals surface area contributed by atoms with Crippen LogP contribution in [0.5, 0.6) is 0 Å². The van der Waals surface area contributed by atoms with Crippen LogP contribution in [-0.2, 0) is 14.3 Å². The average molecular weight is 413 g/mol. The van der Waals surface area contributed by atoms with Crippen LogP contribution in [0.3, 0.4) is 0 Å². The van der Waals surface area contributed by atoms with Gasteiger partial charge in [0.05, 0.1) is 11.6 Å². The Balaban J connectivity index is 1.33. The molecule has 0 saturated carbocycles. The summed E-state index contributed by atoms with van der Waals surface area (Å²) in [5, 5.41) is 2.01. The summed E-state index contributed by atoms with van der Waals surface area (Å²) < 4.78 is 5.27. The van der Waals surface area contributed by atoms with Gasteiger partial charge in [-0.1, -0.05) is 6.07 Å². The molecule has 152 valence electrons. The second kappa shape index (κ2) is 8.78. The molecule has 1 aromatic carbocycles. The maximum absolute atomic E-state index is 12.6.